The van der Waals surface area contributed by atoms with Gasteiger partial charge in [0.1, 0.15) is 17.3 Å². The molecule has 1 aromatic rings. The number of nitrogens with two attached hydrogens (primary N) is 1. The van der Waals surface area contributed by atoms with Crippen LogP contribution in [0, 0.1) is 0 Å². The van der Waals surface area contributed by atoms with Crippen molar-refractivity contribution in [3.8, 4) is 0 Å². The molecule has 1 aromatic heterocycles. The molecule has 0 bridgehead atoms. The normalized spacial score (nSPS) is 17.1. The fourth-order valence-corrected chi connectivity index (χ4v) is 3.05. The van der Waals surface area contributed by atoms with E-state index >= 15 is 0 Å². The number of rotatable bonds is 5. The predicted molar refractivity (Wildman–Crippen MR) is 69.1 cm³/mol. The maximum atomic E-state index is 11.8. The standard InChI is InChI=1S/C12H18N2O3S/c13-7-10-3-4-11(17-10)8-18(16)9-12(15)14-5-1-2-6-14/h3-4H,1-2,5-9,13H2. The van der Waals surface area contributed by atoms with Crippen molar-refractivity contribution in [1.29, 1.82) is 0 Å². The zero-order chi connectivity index (χ0) is 13.0. The Morgan fingerprint density at radius 1 is 1.33 bits per heavy atom. The number of hydrogen-bond donors (Lipinski definition) is 1. The topological polar surface area (TPSA) is 76.5 Å². The van der Waals surface area contributed by atoms with Crippen molar-refractivity contribution in [3.05, 3.63) is 23.7 Å². The average Bonchev–Trinajstić information content (AvgIpc) is 2.98. The van der Waals surface area contributed by atoms with Gasteiger partial charge in [-0.05, 0) is 25.0 Å². The molecule has 2 rings (SSSR count). The molecular formula is C12H18N2O3S. The summed E-state index contributed by atoms with van der Waals surface area (Å²) < 4.78 is 17.2. The van der Waals surface area contributed by atoms with Gasteiger partial charge in [-0.25, -0.2) is 0 Å². The fourth-order valence-electron chi connectivity index (χ4n) is 2.01. The lowest BCUT2D eigenvalue weighted by Crippen LogP contribution is -2.31. The summed E-state index contributed by atoms with van der Waals surface area (Å²) >= 11 is 0. The number of nitrogens with zero attached hydrogens (tertiary/aromatic N) is 1. The molecule has 0 aromatic carbocycles. The number of hydrogen-bond acceptors (Lipinski definition) is 4. The Balaban J connectivity index is 1.82. The van der Waals surface area contributed by atoms with Gasteiger partial charge in [0, 0.05) is 23.9 Å². The monoisotopic (exact) mass is 270 g/mol. The molecule has 1 aliphatic rings. The summed E-state index contributed by atoms with van der Waals surface area (Å²) in [4.78, 5) is 13.6. The molecule has 2 N–H and O–H groups in total. The second-order valence-corrected chi connectivity index (χ2v) is 5.85. The molecule has 1 amide bonds. The Hall–Kier alpha value is -1.14. The number of furan rings is 1. The molecule has 18 heavy (non-hydrogen) atoms. The van der Waals surface area contributed by atoms with Crippen LogP contribution in [0.4, 0.5) is 0 Å². The van der Waals surface area contributed by atoms with Crippen molar-refractivity contribution in [2.24, 2.45) is 5.73 Å². The average molecular weight is 270 g/mol. The van der Waals surface area contributed by atoms with Crippen LogP contribution in [-0.2, 0) is 27.9 Å². The Labute approximate surface area is 109 Å². The van der Waals surface area contributed by atoms with E-state index in [0.29, 0.717) is 18.1 Å². The van der Waals surface area contributed by atoms with Gasteiger partial charge in [-0.1, -0.05) is 0 Å². The van der Waals surface area contributed by atoms with Gasteiger partial charge >= 0.3 is 0 Å². The van der Waals surface area contributed by atoms with Gasteiger partial charge in [0.25, 0.3) is 0 Å². The first kappa shape index (κ1) is 13.3. The smallest absolute Gasteiger partial charge is 0.235 e. The largest absolute Gasteiger partial charge is 0.464 e. The van der Waals surface area contributed by atoms with Crippen molar-refractivity contribution in [1.82, 2.24) is 4.90 Å². The van der Waals surface area contributed by atoms with E-state index in [-0.39, 0.29) is 17.4 Å². The summed E-state index contributed by atoms with van der Waals surface area (Å²) in [6.07, 6.45) is 2.10. The van der Waals surface area contributed by atoms with Crippen LogP contribution in [0.5, 0.6) is 0 Å². The highest BCUT2D eigenvalue weighted by Crippen LogP contribution is 2.11. The van der Waals surface area contributed by atoms with Crippen LogP contribution in [0.15, 0.2) is 16.5 Å². The molecule has 6 heteroatoms. The van der Waals surface area contributed by atoms with Gasteiger partial charge < -0.3 is 15.1 Å². The van der Waals surface area contributed by atoms with Gasteiger partial charge in [-0.2, -0.15) is 0 Å². The quantitative estimate of drug-likeness (QED) is 0.850. The Bertz CT molecular complexity index is 438. The molecule has 5 nitrogen and oxygen atoms in total. The van der Waals surface area contributed by atoms with Crippen LogP contribution in [-0.4, -0.2) is 33.9 Å². The molecule has 0 spiro atoms. The van der Waals surface area contributed by atoms with Crippen molar-refractivity contribution in [2.45, 2.75) is 25.1 Å². The first-order valence-electron chi connectivity index (χ1n) is 6.09. The maximum absolute atomic E-state index is 11.8. The molecule has 2 heterocycles. The van der Waals surface area contributed by atoms with Crippen LogP contribution < -0.4 is 5.73 Å². The molecule has 0 saturated carbocycles. The minimum Gasteiger partial charge on any atom is -0.464 e. The first-order valence-corrected chi connectivity index (χ1v) is 7.58. The molecule has 1 aliphatic heterocycles. The number of carbonyl (C=O) groups is 1. The molecule has 1 saturated heterocycles. The van der Waals surface area contributed by atoms with E-state index in [0.717, 1.165) is 25.9 Å². The lowest BCUT2D eigenvalue weighted by Gasteiger charge is -2.14. The van der Waals surface area contributed by atoms with E-state index in [4.69, 9.17) is 10.2 Å². The van der Waals surface area contributed by atoms with E-state index in [9.17, 15) is 9.00 Å². The molecule has 0 radical (unpaired) electrons. The van der Waals surface area contributed by atoms with E-state index in [1.165, 1.54) is 0 Å². The highest BCUT2D eigenvalue weighted by atomic mass is 32.2. The third-order valence-corrected chi connectivity index (χ3v) is 4.14. The second-order valence-electron chi connectivity index (χ2n) is 4.39. The van der Waals surface area contributed by atoms with Gasteiger partial charge in [0.05, 0.1) is 12.3 Å². The Kier molecular flexibility index (Phi) is 4.54. The van der Waals surface area contributed by atoms with Crippen LogP contribution in [0.25, 0.3) is 0 Å². The Morgan fingerprint density at radius 2 is 2.00 bits per heavy atom. The van der Waals surface area contributed by atoms with Gasteiger partial charge in [-0.15, -0.1) is 0 Å². The molecule has 100 valence electrons. The minimum absolute atomic E-state index is 0.0172. The zero-order valence-corrected chi connectivity index (χ0v) is 11.1. The lowest BCUT2D eigenvalue weighted by atomic mass is 10.4. The summed E-state index contributed by atoms with van der Waals surface area (Å²) in [5.41, 5.74) is 5.43. The minimum atomic E-state index is -1.21. The van der Waals surface area contributed by atoms with Crippen LogP contribution in [0.2, 0.25) is 0 Å². The maximum Gasteiger partial charge on any atom is 0.235 e. The van der Waals surface area contributed by atoms with E-state index in [1.54, 1.807) is 17.0 Å². The predicted octanol–water partition coefficient (Wildman–Crippen LogP) is 0.609. The van der Waals surface area contributed by atoms with Gasteiger partial charge in [-0.3, -0.25) is 9.00 Å². The van der Waals surface area contributed by atoms with Crippen molar-refractivity contribution < 1.29 is 13.4 Å². The van der Waals surface area contributed by atoms with E-state index < -0.39 is 10.8 Å². The second kappa shape index (κ2) is 6.15. The summed E-state index contributed by atoms with van der Waals surface area (Å²) in [5, 5.41) is 0. The first-order chi connectivity index (χ1) is 8.69. The number of likely N-dealkylation sites (tertiary alicyclic amines) is 1. The molecule has 0 aliphatic carbocycles. The summed E-state index contributed by atoms with van der Waals surface area (Å²) in [5.74, 6) is 1.64. The van der Waals surface area contributed by atoms with Crippen molar-refractivity contribution in [2.75, 3.05) is 18.8 Å². The number of amides is 1. The van der Waals surface area contributed by atoms with E-state index in [2.05, 4.69) is 0 Å². The zero-order valence-electron chi connectivity index (χ0n) is 10.3. The summed E-state index contributed by atoms with van der Waals surface area (Å²) in [6.45, 7) is 1.93. The van der Waals surface area contributed by atoms with E-state index in [1.807, 2.05) is 0 Å². The number of carbonyl (C=O) groups excluding carboxylic acids is 1. The third kappa shape index (κ3) is 3.43. The van der Waals surface area contributed by atoms with Crippen LogP contribution >= 0.6 is 0 Å². The summed E-state index contributed by atoms with van der Waals surface area (Å²) in [7, 11) is -1.21. The van der Waals surface area contributed by atoms with Gasteiger partial charge in [0.2, 0.25) is 5.91 Å². The van der Waals surface area contributed by atoms with Crippen LogP contribution in [0.3, 0.4) is 0 Å². The van der Waals surface area contributed by atoms with Gasteiger partial charge in [0.15, 0.2) is 0 Å². The highest BCUT2D eigenvalue weighted by molar-refractivity contribution is 7.84. The highest BCUT2D eigenvalue weighted by Gasteiger charge is 2.20. The SMILES string of the molecule is NCc1ccc(CS(=O)CC(=O)N2CCCC2)o1. The lowest BCUT2D eigenvalue weighted by molar-refractivity contribution is -0.127. The van der Waals surface area contributed by atoms with Crippen molar-refractivity contribution >= 4 is 16.7 Å². The molecular weight excluding hydrogens is 252 g/mol. The summed E-state index contributed by atoms with van der Waals surface area (Å²) in [6, 6.07) is 3.54. The van der Waals surface area contributed by atoms with Crippen molar-refractivity contribution in [3.63, 3.8) is 0 Å². The molecule has 1 unspecified atom stereocenters. The third-order valence-electron chi connectivity index (χ3n) is 2.96. The Morgan fingerprint density at radius 3 is 2.61 bits per heavy atom. The fraction of sp³-hybridized carbons (Fsp3) is 0.583. The molecule has 1 fully saturated rings. The molecule has 1 atom stereocenters. The van der Waals surface area contributed by atoms with Crippen LogP contribution in [0.1, 0.15) is 24.4 Å².